The van der Waals surface area contributed by atoms with Crippen LogP contribution in [0, 0.1) is 34.5 Å². The molecule has 21 nitrogen and oxygen atoms in total. The number of nitrogens with one attached hydrogen (secondary N) is 5. The summed E-state index contributed by atoms with van der Waals surface area (Å²) >= 11 is 0. The summed E-state index contributed by atoms with van der Waals surface area (Å²) in [5.41, 5.74) is -1.24. The van der Waals surface area contributed by atoms with Crippen molar-refractivity contribution >= 4 is 59.4 Å². The van der Waals surface area contributed by atoms with Crippen molar-refractivity contribution in [1.29, 1.82) is 0 Å². The first-order valence-corrected chi connectivity index (χ1v) is 26.7. The van der Waals surface area contributed by atoms with Crippen LogP contribution in [0.2, 0.25) is 0 Å². The molecule has 10 N–H and O–H groups in total. The lowest BCUT2D eigenvalue weighted by molar-refractivity contribution is -0.148. The van der Waals surface area contributed by atoms with E-state index in [0.717, 1.165) is 57.4 Å². The molecule has 0 heterocycles. The maximum absolute atomic E-state index is 11.6. The average Bonchev–Trinajstić information content (AvgIpc) is 3.42. The Morgan fingerprint density at radius 2 is 0.795 bits per heavy atom. The number of ether oxygens (including phenoxy) is 1. The molecule has 5 amide bonds. The fourth-order valence-corrected chi connectivity index (χ4v) is 3.40. The Morgan fingerprint density at radius 3 is 1.05 bits per heavy atom. The number of carboxylic acids is 5. The SMILES string of the molecule is C=CC(=O)NC(C)CC.C=CC(=O)NCC(C)(CC)C(=O)O.C=CC(=O)NCCCOC(C)CC.C=CC(=O)NCCNC(=O)C(C)(C)CC.CCC(C)C(=O)O.CCC(C)C(=O)O.CCC(C)C(=O)O.CCC(C)C(=O)O. The van der Waals surface area contributed by atoms with E-state index in [0.29, 0.717) is 38.8 Å². The number of carboxylic acid groups (broad SMARTS) is 5. The minimum absolute atomic E-state index is 0.0119. The molecule has 0 rings (SSSR count). The van der Waals surface area contributed by atoms with Crippen LogP contribution in [0.5, 0.6) is 0 Å². The Balaban J connectivity index is -0.000000122. The van der Waals surface area contributed by atoms with E-state index in [4.69, 9.17) is 30.3 Å². The summed E-state index contributed by atoms with van der Waals surface area (Å²) in [7, 11) is 0. The van der Waals surface area contributed by atoms with Gasteiger partial charge in [0.15, 0.2) is 0 Å². The van der Waals surface area contributed by atoms with Crippen molar-refractivity contribution in [2.45, 2.75) is 188 Å². The summed E-state index contributed by atoms with van der Waals surface area (Å²) in [5, 5.41) is 54.8. The molecule has 0 bridgehead atoms. The van der Waals surface area contributed by atoms with Crippen molar-refractivity contribution in [1.82, 2.24) is 26.6 Å². The van der Waals surface area contributed by atoms with Gasteiger partial charge in [0.1, 0.15) is 0 Å². The third-order valence-corrected chi connectivity index (χ3v) is 11.6. The summed E-state index contributed by atoms with van der Waals surface area (Å²) < 4.78 is 5.43. The lowest BCUT2D eigenvalue weighted by atomic mass is 9.88. The standard InChI is InChI=1S/C11H20N2O2.C10H19NO2.C9H15NO3.C7H13NO.4C5H10O2/c1-5-9(14)12-7-8-13-10(15)11(3,4)6-2;1-4-9(3)13-8-6-7-11-10(12)5-2;1-4-7(11)10-6-9(3,5-2)8(12)13;1-4-6(3)8-7(9)5-2;4*1-3-4(2)5(6)7/h5H,1,6-8H2,2-4H3,(H,12,14)(H,13,15);5,9H,2,4,6-8H2,1,3H3,(H,11,12);4H,1,5-6H2,2-3H3,(H,10,11)(H,12,13);5-6H,2,4H2,1,3H3,(H,8,9);4*4H,3H2,1-2H3,(H,6,7). The van der Waals surface area contributed by atoms with Crippen LogP contribution in [0.1, 0.15) is 175 Å². The molecule has 0 aliphatic rings. The third kappa shape index (κ3) is 62.2. The fourth-order valence-electron chi connectivity index (χ4n) is 3.40. The fraction of sp³-hybridized carbons (Fsp3) is 0.684. The zero-order valence-corrected chi connectivity index (χ0v) is 50.7. The molecule has 0 aromatic carbocycles. The minimum atomic E-state index is -0.903. The first-order chi connectivity index (χ1) is 36.0. The summed E-state index contributed by atoms with van der Waals surface area (Å²) in [6.07, 6.45) is 12.2. The van der Waals surface area contributed by atoms with E-state index in [1.165, 1.54) is 18.2 Å². The van der Waals surface area contributed by atoms with Gasteiger partial charge in [-0.25, -0.2) is 0 Å². The molecule has 0 aliphatic heterocycles. The highest BCUT2D eigenvalue weighted by atomic mass is 16.5. The van der Waals surface area contributed by atoms with Crippen molar-refractivity contribution < 1.29 is 78.2 Å². The van der Waals surface area contributed by atoms with Crippen molar-refractivity contribution in [2.24, 2.45) is 34.5 Å². The molecule has 0 aromatic heterocycles. The highest BCUT2D eigenvalue weighted by Crippen LogP contribution is 2.20. The number of aliphatic carboxylic acids is 5. The van der Waals surface area contributed by atoms with Crippen LogP contribution in [-0.4, -0.2) is 130 Å². The van der Waals surface area contributed by atoms with Crippen LogP contribution >= 0.6 is 0 Å². The molecule has 0 aromatic rings. The van der Waals surface area contributed by atoms with Gasteiger partial charge in [0, 0.05) is 44.2 Å². The molecule has 456 valence electrons. The van der Waals surface area contributed by atoms with Gasteiger partial charge in [-0.15, -0.1) is 0 Å². The maximum Gasteiger partial charge on any atom is 0.311 e. The summed E-state index contributed by atoms with van der Waals surface area (Å²) in [5.74, 6) is -5.22. The number of amides is 5. The topological polar surface area (TPSA) is 341 Å². The van der Waals surface area contributed by atoms with E-state index < -0.39 is 35.3 Å². The van der Waals surface area contributed by atoms with Crippen LogP contribution in [0.4, 0.5) is 0 Å². The average molecular weight is 1120 g/mol. The maximum atomic E-state index is 11.6. The van der Waals surface area contributed by atoms with Gasteiger partial charge in [-0.1, -0.05) is 123 Å². The van der Waals surface area contributed by atoms with Crippen molar-refractivity contribution in [3.8, 4) is 0 Å². The van der Waals surface area contributed by atoms with Gasteiger partial charge >= 0.3 is 29.8 Å². The summed E-state index contributed by atoms with van der Waals surface area (Å²) in [4.78, 5) is 105. The molecule has 21 heteroatoms. The quantitative estimate of drug-likeness (QED) is 0.0247. The third-order valence-electron chi connectivity index (χ3n) is 11.6. The Bertz CT molecular complexity index is 1640. The monoisotopic (exact) mass is 1120 g/mol. The van der Waals surface area contributed by atoms with E-state index in [1.807, 2.05) is 69.2 Å². The van der Waals surface area contributed by atoms with Crippen molar-refractivity contribution in [2.75, 3.05) is 32.8 Å². The number of hydrogen-bond donors (Lipinski definition) is 10. The molecule has 0 fully saturated rings. The van der Waals surface area contributed by atoms with Gasteiger partial charge in [0.2, 0.25) is 29.5 Å². The Labute approximate surface area is 468 Å². The smallest absolute Gasteiger partial charge is 0.311 e. The minimum Gasteiger partial charge on any atom is -0.481 e. The molecule has 0 radical (unpaired) electrons. The molecule has 7 unspecified atom stereocenters. The highest BCUT2D eigenvalue weighted by molar-refractivity contribution is 5.88. The second kappa shape index (κ2) is 56.8. The molecule has 78 heavy (non-hydrogen) atoms. The predicted octanol–water partition coefficient (Wildman–Crippen LogP) is 8.68. The zero-order valence-electron chi connectivity index (χ0n) is 50.7. The predicted molar refractivity (Wildman–Crippen MR) is 310 cm³/mol. The second-order valence-electron chi connectivity index (χ2n) is 18.7. The van der Waals surface area contributed by atoms with E-state index in [9.17, 15) is 47.9 Å². The first-order valence-electron chi connectivity index (χ1n) is 26.7. The largest absolute Gasteiger partial charge is 0.481 e. The van der Waals surface area contributed by atoms with E-state index in [2.05, 4.69) is 59.8 Å². The molecule has 0 saturated carbocycles. The molecular formula is C57H107N5O16. The van der Waals surface area contributed by atoms with Crippen molar-refractivity contribution in [3.63, 3.8) is 0 Å². The number of carbonyl (C=O) groups is 10. The molecule has 0 spiro atoms. The Morgan fingerprint density at radius 1 is 0.462 bits per heavy atom. The Hall–Kier alpha value is -6.38. The second-order valence-corrected chi connectivity index (χ2v) is 18.7. The van der Waals surface area contributed by atoms with Crippen LogP contribution in [0.25, 0.3) is 0 Å². The Kier molecular flexibility index (Phi) is 64.3. The van der Waals surface area contributed by atoms with Crippen LogP contribution in [0.15, 0.2) is 50.6 Å². The van der Waals surface area contributed by atoms with E-state index >= 15 is 0 Å². The number of rotatable bonds is 29. The van der Waals surface area contributed by atoms with Gasteiger partial charge in [-0.05, 0) is 103 Å². The first kappa shape index (κ1) is 88.2. The normalized spacial score (nSPS) is 12.7. The highest BCUT2D eigenvalue weighted by Gasteiger charge is 2.31. The van der Waals surface area contributed by atoms with Gasteiger partial charge < -0.3 is 56.9 Å². The van der Waals surface area contributed by atoms with Crippen LogP contribution in [-0.2, 0) is 52.7 Å². The van der Waals surface area contributed by atoms with E-state index in [-0.39, 0.29) is 71.2 Å². The molecular weight excluding hydrogens is 1010 g/mol. The lowest BCUT2D eigenvalue weighted by Crippen LogP contribution is -2.40. The van der Waals surface area contributed by atoms with Crippen molar-refractivity contribution in [3.05, 3.63) is 50.6 Å². The van der Waals surface area contributed by atoms with Crippen LogP contribution < -0.4 is 26.6 Å². The zero-order chi connectivity index (χ0) is 63.2. The van der Waals surface area contributed by atoms with Gasteiger partial charge in [0.25, 0.3) is 0 Å². The summed E-state index contributed by atoms with van der Waals surface area (Å²) in [6, 6.07) is 0.260. The molecule has 7 atom stereocenters. The van der Waals surface area contributed by atoms with Gasteiger partial charge in [0.05, 0.1) is 35.2 Å². The van der Waals surface area contributed by atoms with Gasteiger partial charge in [-0.3, -0.25) is 47.9 Å². The molecule has 0 aliphatic carbocycles. The molecule has 0 saturated heterocycles. The lowest BCUT2D eigenvalue weighted by Gasteiger charge is -2.22. The van der Waals surface area contributed by atoms with Gasteiger partial charge in [-0.2, -0.15) is 0 Å². The van der Waals surface area contributed by atoms with Crippen LogP contribution in [0.3, 0.4) is 0 Å². The van der Waals surface area contributed by atoms with E-state index in [1.54, 1.807) is 41.5 Å². The number of hydrogen-bond acceptors (Lipinski definition) is 11. The summed E-state index contributed by atoms with van der Waals surface area (Å²) in [6.45, 7) is 47.1. The number of carbonyl (C=O) groups excluding carboxylic acids is 5.